The fraction of sp³-hybridized carbons (Fsp3) is 0.730. The van der Waals surface area contributed by atoms with Crippen LogP contribution < -0.4 is 5.32 Å². The zero-order chi connectivity index (χ0) is 33.4. The van der Waals surface area contributed by atoms with Crippen molar-refractivity contribution in [1.82, 2.24) is 35.7 Å². The van der Waals surface area contributed by atoms with Crippen molar-refractivity contribution in [3.05, 3.63) is 41.2 Å². The van der Waals surface area contributed by atoms with Gasteiger partial charge >= 0.3 is 0 Å². The highest BCUT2D eigenvalue weighted by Gasteiger charge is 2.54. The van der Waals surface area contributed by atoms with Gasteiger partial charge in [0.05, 0.1) is 12.6 Å². The van der Waals surface area contributed by atoms with Gasteiger partial charge < -0.3 is 15.1 Å². The van der Waals surface area contributed by atoms with E-state index in [9.17, 15) is 9.59 Å². The molecule has 10 heteroatoms. The Morgan fingerprint density at radius 1 is 1.00 bits per heavy atom. The van der Waals surface area contributed by atoms with E-state index in [0.29, 0.717) is 29.1 Å². The summed E-state index contributed by atoms with van der Waals surface area (Å²) in [4.78, 5) is 38.0. The SMILES string of the molecule is CC(C)(C)CC[C@H](c1ccc(C(=O)NCc2nn[nH]n2)cc1)N1C(=O)C(N2CCC3CCCCC3C2)=NC12CCC(C(C)(C)C)CC2. The van der Waals surface area contributed by atoms with Gasteiger partial charge in [-0.1, -0.05) is 78.2 Å². The number of piperidine rings is 1. The third-order valence-corrected chi connectivity index (χ3v) is 11.6. The molecule has 3 heterocycles. The Balaban J connectivity index is 1.30. The second kappa shape index (κ2) is 13.3. The number of amides is 2. The number of hydrogen-bond donors (Lipinski definition) is 2. The molecule has 1 spiro atoms. The number of likely N-dealkylation sites (tertiary alicyclic amines) is 1. The van der Waals surface area contributed by atoms with E-state index in [0.717, 1.165) is 63.1 Å². The van der Waals surface area contributed by atoms with E-state index in [-0.39, 0.29) is 35.2 Å². The number of hydrogen-bond acceptors (Lipinski definition) is 7. The molecule has 2 aromatic rings. The van der Waals surface area contributed by atoms with Crippen molar-refractivity contribution >= 4 is 17.6 Å². The summed E-state index contributed by atoms with van der Waals surface area (Å²) in [6.07, 6.45) is 12.2. The summed E-state index contributed by atoms with van der Waals surface area (Å²) in [5, 5.41) is 16.7. The molecule has 1 aromatic heterocycles. The van der Waals surface area contributed by atoms with Crippen LogP contribution >= 0.6 is 0 Å². The lowest BCUT2D eigenvalue weighted by Gasteiger charge is -2.47. The summed E-state index contributed by atoms with van der Waals surface area (Å²) in [6, 6.07) is 7.72. The van der Waals surface area contributed by atoms with Crippen molar-refractivity contribution in [1.29, 1.82) is 0 Å². The van der Waals surface area contributed by atoms with Crippen molar-refractivity contribution in [3.63, 3.8) is 0 Å². The largest absolute Gasteiger partial charge is 0.352 e. The van der Waals surface area contributed by atoms with Crippen molar-refractivity contribution in [2.24, 2.45) is 33.6 Å². The molecule has 6 rings (SSSR count). The number of fused-ring (bicyclic) bond motifs is 1. The molecule has 2 aliphatic heterocycles. The highest BCUT2D eigenvalue weighted by atomic mass is 16.2. The maximum absolute atomic E-state index is 14.9. The first-order valence-electron chi connectivity index (χ1n) is 18.1. The number of benzene rings is 1. The van der Waals surface area contributed by atoms with Crippen molar-refractivity contribution in [2.75, 3.05) is 13.1 Å². The summed E-state index contributed by atoms with van der Waals surface area (Å²) in [5.41, 5.74) is 1.45. The Labute approximate surface area is 280 Å². The Hall–Kier alpha value is -3.30. The molecule has 4 aliphatic rings. The van der Waals surface area contributed by atoms with Gasteiger partial charge in [0.25, 0.3) is 11.8 Å². The van der Waals surface area contributed by atoms with Gasteiger partial charge in [-0.2, -0.15) is 5.21 Å². The average molecular weight is 645 g/mol. The van der Waals surface area contributed by atoms with Gasteiger partial charge in [-0.15, -0.1) is 10.2 Å². The van der Waals surface area contributed by atoms with Gasteiger partial charge in [-0.25, -0.2) is 4.99 Å². The lowest BCUT2D eigenvalue weighted by molar-refractivity contribution is -0.134. The summed E-state index contributed by atoms with van der Waals surface area (Å²) in [7, 11) is 0. The number of tetrazole rings is 1. The van der Waals surface area contributed by atoms with Crippen LogP contribution in [0.2, 0.25) is 0 Å². The predicted molar refractivity (Wildman–Crippen MR) is 183 cm³/mol. The Morgan fingerprint density at radius 2 is 1.70 bits per heavy atom. The molecule has 256 valence electrons. The number of aromatic amines is 1. The quantitative estimate of drug-likeness (QED) is 0.347. The molecule has 0 radical (unpaired) electrons. The van der Waals surface area contributed by atoms with Gasteiger partial charge in [-0.05, 0) is 97.6 Å². The highest BCUT2D eigenvalue weighted by molar-refractivity contribution is 6.39. The molecule has 0 bridgehead atoms. The van der Waals surface area contributed by atoms with E-state index in [1.165, 1.54) is 32.1 Å². The Morgan fingerprint density at radius 3 is 2.34 bits per heavy atom. The molecule has 3 fully saturated rings. The van der Waals surface area contributed by atoms with E-state index in [2.05, 4.69) is 77.3 Å². The van der Waals surface area contributed by atoms with Gasteiger partial charge in [-0.3, -0.25) is 9.59 Å². The fourth-order valence-corrected chi connectivity index (χ4v) is 8.72. The molecule has 2 saturated carbocycles. The van der Waals surface area contributed by atoms with E-state index >= 15 is 0 Å². The Kier molecular flexibility index (Phi) is 9.51. The first-order chi connectivity index (χ1) is 22.3. The van der Waals surface area contributed by atoms with Gasteiger partial charge in [0.2, 0.25) is 0 Å². The van der Waals surface area contributed by atoms with Crippen LogP contribution in [0, 0.1) is 28.6 Å². The number of aromatic nitrogens is 4. The molecule has 2 amide bonds. The minimum absolute atomic E-state index is 0.106. The van der Waals surface area contributed by atoms with Crippen LogP contribution in [0.3, 0.4) is 0 Å². The molecule has 47 heavy (non-hydrogen) atoms. The van der Waals surface area contributed by atoms with Gasteiger partial charge in [0.1, 0.15) is 5.66 Å². The molecular weight excluding hydrogens is 588 g/mol. The molecule has 2 N–H and O–H groups in total. The van der Waals surface area contributed by atoms with Crippen molar-refractivity contribution in [3.8, 4) is 0 Å². The topological polar surface area (TPSA) is 119 Å². The molecule has 1 aromatic carbocycles. The first kappa shape index (κ1) is 33.6. The lowest BCUT2D eigenvalue weighted by Crippen LogP contribution is -2.53. The second-order valence-corrected chi connectivity index (χ2v) is 17.0. The number of amidine groups is 1. The van der Waals surface area contributed by atoms with E-state index < -0.39 is 5.66 Å². The van der Waals surface area contributed by atoms with Gasteiger partial charge in [0.15, 0.2) is 11.7 Å². The molecule has 1 saturated heterocycles. The molecule has 10 nitrogen and oxygen atoms in total. The van der Waals surface area contributed by atoms with Crippen LogP contribution in [0.5, 0.6) is 0 Å². The normalized spacial score (nSPS) is 27.5. The van der Waals surface area contributed by atoms with Crippen LogP contribution in [-0.4, -0.2) is 66.8 Å². The third kappa shape index (κ3) is 7.41. The maximum Gasteiger partial charge on any atom is 0.291 e. The fourth-order valence-electron chi connectivity index (χ4n) is 8.72. The minimum Gasteiger partial charge on any atom is -0.352 e. The number of carbonyl (C=O) groups excluding carboxylic acids is 2. The summed E-state index contributed by atoms with van der Waals surface area (Å²) in [6.45, 7) is 16.0. The molecule has 3 atom stereocenters. The van der Waals surface area contributed by atoms with Crippen molar-refractivity contribution < 1.29 is 9.59 Å². The van der Waals surface area contributed by atoms with Crippen LogP contribution in [0.25, 0.3) is 0 Å². The molecular formula is C37H56N8O2. The zero-order valence-corrected chi connectivity index (χ0v) is 29.5. The number of nitrogens with zero attached hydrogens (tertiary/aromatic N) is 6. The third-order valence-electron chi connectivity index (χ3n) is 11.6. The second-order valence-electron chi connectivity index (χ2n) is 17.0. The number of aliphatic imine (C=N–C) groups is 1. The number of nitrogens with one attached hydrogen (secondary N) is 2. The van der Waals surface area contributed by atoms with Gasteiger partial charge in [0, 0.05) is 18.7 Å². The summed E-state index contributed by atoms with van der Waals surface area (Å²) in [5.74, 6) is 3.13. The number of rotatable bonds is 7. The zero-order valence-electron chi connectivity index (χ0n) is 29.5. The van der Waals surface area contributed by atoms with E-state index in [1.807, 2.05) is 24.3 Å². The van der Waals surface area contributed by atoms with Crippen LogP contribution in [0.15, 0.2) is 29.3 Å². The summed E-state index contributed by atoms with van der Waals surface area (Å²) >= 11 is 0. The smallest absolute Gasteiger partial charge is 0.291 e. The standard InChI is InChI=1S/C37H56N8O2/c1-35(2,3)19-17-30(26-11-13-27(14-12-26)33(46)38-23-31-40-42-43-41-31)45-34(47)32(44-22-18-25-9-7-8-10-28(25)24-44)39-37(45)20-15-29(16-21-37)36(4,5)6/h11-14,25,28-30H,7-10,15-24H2,1-6H3,(H,38,46)(H,40,41,42,43)/t25?,28?,29?,30-,37?/m1/s1. The van der Waals surface area contributed by atoms with Crippen LogP contribution in [0.1, 0.15) is 140 Å². The minimum atomic E-state index is -0.527. The first-order valence-corrected chi connectivity index (χ1v) is 18.1. The average Bonchev–Trinajstić information content (AvgIpc) is 3.66. The Bertz CT molecular complexity index is 1410. The van der Waals surface area contributed by atoms with Crippen molar-refractivity contribution in [2.45, 2.75) is 130 Å². The number of carbonyl (C=O) groups is 2. The van der Waals surface area contributed by atoms with Crippen LogP contribution in [-0.2, 0) is 11.3 Å². The molecule has 2 unspecified atom stereocenters. The highest BCUT2D eigenvalue weighted by Crippen LogP contribution is 2.50. The molecule has 2 aliphatic carbocycles. The van der Waals surface area contributed by atoms with E-state index in [4.69, 9.17) is 4.99 Å². The maximum atomic E-state index is 14.9. The lowest BCUT2D eigenvalue weighted by atomic mass is 9.69. The predicted octanol–water partition coefficient (Wildman–Crippen LogP) is 6.68. The number of H-pyrrole nitrogens is 1. The monoisotopic (exact) mass is 644 g/mol. The van der Waals surface area contributed by atoms with Crippen LogP contribution in [0.4, 0.5) is 0 Å². The van der Waals surface area contributed by atoms with E-state index in [1.54, 1.807) is 0 Å². The summed E-state index contributed by atoms with van der Waals surface area (Å²) < 4.78 is 0.